The number of nitrogens with one attached hydrogen (secondary N) is 1. The van der Waals surface area contributed by atoms with Crippen molar-refractivity contribution in [2.75, 3.05) is 28.4 Å². The van der Waals surface area contributed by atoms with Crippen LogP contribution in [0.1, 0.15) is 6.99 Å². The highest BCUT2D eigenvalue weighted by Gasteiger charge is 2.12. The van der Waals surface area contributed by atoms with Gasteiger partial charge in [-0.25, -0.2) is 0 Å². The van der Waals surface area contributed by atoms with Gasteiger partial charge in [0, 0.05) is 7.97 Å². The minimum atomic E-state index is 0. The van der Waals surface area contributed by atoms with Gasteiger partial charge in [0.1, 0.15) is 0 Å². The highest BCUT2D eigenvalue weighted by atomic mass is 16.5. The van der Waals surface area contributed by atoms with Gasteiger partial charge in [0.05, 0.1) is 21.3 Å². The van der Waals surface area contributed by atoms with Gasteiger partial charge in [-0.05, 0) is 24.7 Å². The zero-order valence-electron chi connectivity index (χ0n) is 9.59. The quantitative estimate of drug-likeness (QED) is 0.807. The molecule has 0 amide bonds. The fraction of sp³-hybridized carbons (Fsp3) is 0.455. The van der Waals surface area contributed by atoms with E-state index < -0.39 is 0 Å². The lowest BCUT2D eigenvalue weighted by atomic mass is 10.2. The summed E-state index contributed by atoms with van der Waals surface area (Å²) in [6.07, 6.45) is 0. The minimum Gasteiger partial charge on any atom is -0.493 e. The van der Waals surface area contributed by atoms with E-state index in [1.165, 1.54) is 0 Å². The van der Waals surface area contributed by atoms with Crippen molar-refractivity contribution in [3.8, 4) is 17.2 Å². The Morgan fingerprint density at radius 2 is 1.60 bits per heavy atom. The summed E-state index contributed by atoms with van der Waals surface area (Å²) in [4.78, 5) is 0. The summed E-state index contributed by atoms with van der Waals surface area (Å²) < 4.78 is 15.7. The largest absolute Gasteiger partial charge is 0.493 e. The topological polar surface area (TPSA) is 39.7 Å². The molecule has 0 atom stereocenters. The first kappa shape index (κ1) is 11.7. The van der Waals surface area contributed by atoms with Crippen molar-refractivity contribution in [1.82, 2.24) is 5.32 Å². The van der Waals surface area contributed by atoms with Crippen LogP contribution in [0.15, 0.2) is 12.1 Å². The van der Waals surface area contributed by atoms with Crippen LogP contribution >= 0.6 is 0 Å². The predicted molar refractivity (Wildman–Crippen MR) is 61.0 cm³/mol. The molecule has 0 saturated carbocycles. The van der Waals surface area contributed by atoms with Crippen molar-refractivity contribution >= 4 is 0 Å². The normalized spacial score (nSPS) is 9.87. The lowest BCUT2D eigenvalue weighted by Gasteiger charge is -2.13. The maximum Gasteiger partial charge on any atom is 0.203 e. The molecule has 0 aliphatic heterocycles. The molecule has 1 rings (SSSR count). The van der Waals surface area contributed by atoms with E-state index in [4.69, 9.17) is 14.2 Å². The maximum absolute atomic E-state index is 5.23. The standard InChI is InChI=1S/C11H17NO3.H2/c1-12-7-8-5-9(13-2)11(15-4)10(6-8)14-3;/h5-6,12H,7H2,1-4H3;1H. The number of methoxy groups -OCH3 is 3. The van der Waals surface area contributed by atoms with E-state index in [0.29, 0.717) is 17.2 Å². The molecule has 4 nitrogen and oxygen atoms in total. The second-order valence-corrected chi connectivity index (χ2v) is 3.06. The molecule has 0 saturated heterocycles. The number of rotatable bonds is 5. The van der Waals surface area contributed by atoms with Crippen molar-refractivity contribution < 1.29 is 15.6 Å². The van der Waals surface area contributed by atoms with Crippen LogP contribution in [0, 0.1) is 0 Å². The Kier molecular flexibility index (Phi) is 4.24. The molecule has 0 aliphatic rings. The molecule has 0 heterocycles. The summed E-state index contributed by atoms with van der Waals surface area (Å²) in [7, 11) is 6.71. The van der Waals surface area contributed by atoms with Crippen molar-refractivity contribution in [1.29, 1.82) is 0 Å². The van der Waals surface area contributed by atoms with Gasteiger partial charge in [-0.1, -0.05) is 0 Å². The Hall–Kier alpha value is -1.42. The maximum atomic E-state index is 5.23. The van der Waals surface area contributed by atoms with E-state index >= 15 is 0 Å². The molecule has 0 aromatic heterocycles. The molecule has 15 heavy (non-hydrogen) atoms. The average molecular weight is 213 g/mol. The summed E-state index contributed by atoms with van der Waals surface area (Å²) in [5.41, 5.74) is 1.09. The highest BCUT2D eigenvalue weighted by Crippen LogP contribution is 2.38. The van der Waals surface area contributed by atoms with E-state index in [1.54, 1.807) is 21.3 Å². The first-order chi connectivity index (χ1) is 7.26. The van der Waals surface area contributed by atoms with Crippen LogP contribution in [0.5, 0.6) is 17.2 Å². The molecular weight excluding hydrogens is 194 g/mol. The zero-order valence-corrected chi connectivity index (χ0v) is 9.59. The third-order valence-electron chi connectivity index (χ3n) is 2.11. The van der Waals surface area contributed by atoms with Gasteiger partial charge in [0.15, 0.2) is 11.5 Å². The summed E-state index contributed by atoms with van der Waals surface area (Å²) in [6, 6.07) is 3.86. The Morgan fingerprint density at radius 3 is 1.93 bits per heavy atom. The van der Waals surface area contributed by atoms with E-state index in [9.17, 15) is 0 Å². The minimum absolute atomic E-state index is 0. The van der Waals surface area contributed by atoms with Crippen LogP contribution < -0.4 is 19.5 Å². The number of hydrogen-bond acceptors (Lipinski definition) is 4. The molecule has 0 aliphatic carbocycles. The van der Waals surface area contributed by atoms with Gasteiger partial charge < -0.3 is 19.5 Å². The van der Waals surface area contributed by atoms with Crippen molar-refractivity contribution in [3.05, 3.63) is 17.7 Å². The van der Waals surface area contributed by atoms with Crippen molar-refractivity contribution in [3.63, 3.8) is 0 Å². The molecule has 86 valence electrons. The Balaban J connectivity index is 0.00000225. The van der Waals surface area contributed by atoms with Gasteiger partial charge >= 0.3 is 0 Å². The average Bonchev–Trinajstić information content (AvgIpc) is 2.28. The Morgan fingerprint density at radius 1 is 1.07 bits per heavy atom. The van der Waals surface area contributed by atoms with Gasteiger partial charge in [0.2, 0.25) is 5.75 Å². The van der Waals surface area contributed by atoms with E-state index in [0.717, 1.165) is 12.1 Å². The molecule has 1 aromatic carbocycles. The van der Waals surface area contributed by atoms with Crippen LogP contribution in [0.3, 0.4) is 0 Å². The van der Waals surface area contributed by atoms with E-state index in [1.807, 2.05) is 19.2 Å². The molecule has 4 heteroatoms. The number of ether oxygens (including phenoxy) is 3. The molecule has 0 unspecified atom stereocenters. The lowest BCUT2D eigenvalue weighted by Crippen LogP contribution is -2.06. The SMILES string of the molecule is CNCc1cc(OC)c(OC)c(OC)c1.[HH]. The van der Waals surface area contributed by atoms with E-state index in [2.05, 4.69) is 5.32 Å². The number of benzene rings is 1. The molecule has 1 aromatic rings. The monoisotopic (exact) mass is 213 g/mol. The van der Waals surface area contributed by atoms with E-state index in [-0.39, 0.29) is 1.43 Å². The zero-order chi connectivity index (χ0) is 11.3. The second-order valence-electron chi connectivity index (χ2n) is 3.06. The lowest BCUT2D eigenvalue weighted by molar-refractivity contribution is 0.323. The first-order valence-corrected chi connectivity index (χ1v) is 4.70. The summed E-state index contributed by atoms with van der Waals surface area (Å²) in [5, 5.41) is 3.07. The summed E-state index contributed by atoms with van der Waals surface area (Å²) in [5.74, 6) is 1.99. The molecule has 0 bridgehead atoms. The Bertz CT molecular complexity index is 306. The Labute approximate surface area is 91.6 Å². The van der Waals surface area contributed by atoms with Gasteiger partial charge in [0.25, 0.3) is 0 Å². The van der Waals surface area contributed by atoms with Crippen LogP contribution in [-0.4, -0.2) is 28.4 Å². The van der Waals surface area contributed by atoms with Gasteiger partial charge in [-0.2, -0.15) is 0 Å². The number of hydrogen-bond donors (Lipinski definition) is 1. The van der Waals surface area contributed by atoms with Crippen LogP contribution in [0.4, 0.5) is 0 Å². The van der Waals surface area contributed by atoms with Crippen LogP contribution in [0.2, 0.25) is 0 Å². The summed E-state index contributed by atoms with van der Waals surface area (Å²) >= 11 is 0. The third-order valence-corrected chi connectivity index (χ3v) is 2.11. The molecular formula is C11H19NO3. The molecule has 0 radical (unpaired) electrons. The molecule has 0 fully saturated rings. The molecule has 1 N–H and O–H groups in total. The van der Waals surface area contributed by atoms with Gasteiger partial charge in [-0.15, -0.1) is 0 Å². The fourth-order valence-electron chi connectivity index (χ4n) is 1.44. The van der Waals surface area contributed by atoms with Crippen LogP contribution in [0.25, 0.3) is 0 Å². The highest BCUT2D eigenvalue weighted by molar-refractivity contribution is 5.53. The molecule has 0 spiro atoms. The predicted octanol–water partition coefficient (Wildman–Crippen LogP) is 1.68. The second kappa shape index (κ2) is 5.46. The smallest absolute Gasteiger partial charge is 0.203 e. The first-order valence-electron chi connectivity index (χ1n) is 4.70. The summed E-state index contributed by atoms with van der Waals surface area (Å²) in [6.45, 7) is 0.761. The van der Waals surface area contributed by atoms with Crippen molar-refractivity contribution in [2.24, 2.45) is 0 Å². The van der Waals surface area contributed by atoms with Crippen molar-refractivity contribution in [2.45, 2.75) is 6.54 Å². The van der Waals surface area contributed by atoms with Crippen LogP contribution in [-0.2, 0) is 6.54 Å². The fourth-order valence-corrected chi connectivity index (χ4v) is 1.44. The third kappa shape index (κ3) is 2.53. The van der Waals surface area contributed by atoms with Gasteiger partial charge in [-0.3, -0.25) is 0 Å².